The second-order valence-corrected chi connectivity index (χ2v) is 22.2. The Morgan fingerprint density at radius 3 is 1.25 bits per heavy atom. The first kappa shape index (κ1) is 2.39. The van der Waals surface area contributed by atoms with Gasteiger partial charge in [0.15, 0.2) is 0 Å². The van der Waals surface area contributed by atoms with Crippen molar-refractivity contribution < 1.29 is 0 Å². The van der Waals surface area contributed by atoms with Gasteiger partial charge in [-0.25, -0.2) is 0 Å². The fourth-order valence-corrected chi connectivity index (χ4v) is 25.8. The highest BCUT2D eigenvalue weighted by atomic mass is 33.1. The molecule has 0 radical (unpaired) electrons. The monoisotopic (exact) mass is 126 g/mol. The van der Waals surface area contributed by atoms with Crippen LogP contribution in [0.5, 0.6) is 0 Å². The molecule has 0 atom stereocenters. The molecule has 22 valence electrons. The van der Waals surface area contributed by atoms with Crippen LogP contribution in [0.25, 0.3) is 0 Å². The van der Waals surface area contributed by atoms with E-state index in [9.17, 15) is 0 Å². The molecule has 0 fully saturated rings. The van der Waals surface area contributed by atoms with E-state index in [-0.39, 0.29) is 0 Å². The fraction of sp³-hybridized carbons (Fsp3) is 0. The van der Waals surface area contributed by atoms with Crippen LogP contribution in [0.4, 0.5) is 0 Å². The van der Waals surface area contributed by atoms with Crippen LogP contribution in [0.1, 0.15) is 0 Å². The summed E-state index contributed by atoms with van der Waals surface area (Å²) in [6.07, 6.45) is 1.83. The van der Waals surface area contributed by atoms with E-state index in [1.54, 1.807) is 15.1 Å². The van der Waals surface area contributed by atoms with E-state index in [0.717, 1.165) is 12.7 Å². The van der Waals surface area contributed by atoms with Crippen LogP contribution < -0.4 is 0 Å². The van der Waals surface area contributed by atoms with E-state index in [2.05, 4.69) is 0 Å². The molecule has 0 N–H and O–H groups in total. The van der Waals surface area contributed by atoms with Gasteiger partial charge in [-0.3, -0.25) is 0 Å². The summed E-state index contributed by atoms with van der Waals surface area (Å²) in [6.45, 7) is 0. The van der Waals surface area contributed by atoms with Crippen molar-refractivity contribution in [3.8, 4) is 0 Å². The molecule has 0 bridgehead atoms. The van der Waals surface area contributed by atoms with Gasteiger partial charge in [0.2, 0.25) is 0 Å². The predicted molar refractivity (Wildman–Crippen MR) is 30.5 cm³/mol. The molecule has 0 aliphatic heterocycles. The normalized spacial score (nSPS) is 26.0. The van der Waals surface area contributed by atoms with Gasteiger partial charge in [-0.1, -0.05) is 15.1 Å². The molecule has 0 aromatic carbocycles. The van der Waals surface area contributed by atoms with Crippen molar-refractivity contribution in [3.63, 3.8) is 0 Å². The highest BCUT2D eigenvalue weighted by Gasteiger charge is 2.05. The maximum absolute atomic E-state index is 1.55. The Bertz CT molecular complexity index is 123. The SMILES string of the molecule is [pH]1p2[pH]p12. The summed E-state index contributed by atoms with van der Waals surface area (Å²) in [7, 11) is 3.09. The first-order chi connectivity index (χ1) is 1.97. The molecule has 2 heterocycles. The zero-order valence-electron chi connectivity index (χ0n) is 1.89. The van der Waals surface area contributed by atoms with Crippen LogP contribution in [0.15, 0.2) is 0 Å². The Morgan fingerprint density at radius 2 is 1.25 bits per heavy atom. The lowest BCUT2D eigenvalue weighted by molar-refractivity contribution is 5.65. The molecule has 0 amide bonds. The number of rotatable bonds is 0. The second-order valence-electron chi connectivity index (χ2n) is 0.824. The third kappa shape index (κ3) is 0.183. The molecular formula is H2P4. The maximum Gasteiger partial charge on any atom is -0.0256 e. The van der Waals surface area contributed by atoms with Crippen molar-refractivity contribution >= 4 is 27.8 Å². The Labute approximate surface area is 28.6 Å². The van der Waals surface area contributed by atoms with E-state index < -0.39 is 0 Å². The minimum atomic E-state index is 0.917. The smallest absolute Gasteiger partial charge is 0.0256 e. The number of hydrogen-bond donors (Lipinski definition) is 0. The Morgan fingerprint density at radius 1 is 1.00 bits per heavy atom. The largest absolute Gasteiger partial charge is 0.0734 e. The third-order valence-corrected chi connectivity index (χ3v) is 29.7. The average Bonchev–Trinajstić information content (AvgIpc) is 1.36. The summed E-state index contributed by atoms with van der Waals surface area (Å²) < 4.78 is 0. The van der Waals surface area contributed by atoms with Gasteiger partial charge in [-0.15, -0.1) is 0 Å². The molecular weight excluding hydrogens is 124 g/mol. The summed E-state index contributed by atoms with van der Waals surface area (Å²) in [4.78, 5) is 0. The van der Waals surface area contributed by atoms with Gasteiger partial charge in [0, 0.05) is 0 Å². The molecule has 4 heteroatoms. The fourth-order valence-electron chi connectivity index (χ4n) is 0.139. The Kier molecular flexibility index (Phi) is 0.303. The van der Waals surface area contributed by atoms with Crippen molar-refractivity contribution in [3.05, 3.63) is 0 Å². The van der Waals surface area contributed by atoms with Crippen LogP contribution in [-0.4, -0.2) is 0 Å². The molecule has 0 unspecified atom stereocenters. The molecule has 0 spiro atoms. The molecule has 2 aromatic heterocycles. The lowest BCUT2D eigenvalue weighted by atomic mass is 29.7. The van der Waals surface area contributed by atoms with Crippen molar-refractivity contribution in [2.45, 2.75) is 0 Å². The quantitative estimate of drug-likeness (QED) is 0.508. The summed E-state index contributed by atoms with van der Waals surface area (Å²) in [5.74, 6) is 0. The van der Waals surface area contributed by atoms with E-state index in [1.165, 1.54) is 0 Å². The minimum absolute atomic E-state index is 0.917. The van der Waals surface area contributed by atoms with Crippen LogP contribution in [-0.2, 0) is 0 Å². The Hall–Kier alpha value is 1.20. The van der Waals surface area contributed by atoms with Crippen LogP contribution in [0, 0.1) is 0 Å². The van der Waals surface area contributed by atoms with Gasteiger partial charge < -0.3 is 0 Å². The third-order valence-electron chi connectivity index (χ3n) is 0.500. The van der Waals surface area contributed by atoms with Crippen LogP contribution in [0.2, 0.25) is 0 Å². The molecule has 0 saturated carbocycles. The summed E-state index contributed by atoms with van der Waals surface area (Å²) in [6, 6.07) is 0. The first-order valence-corrected chi connectivity index (χ1v) is 9.85. The minimum Gasteiger partial charge on any atom is -0.0734 e. The van der Waals surface area contributed by atoms with Crippen LogP contribution in [0.3, 0.4) is 0 Å². The molecule has 2 aromatic rings. The summed E-state index contributed by atoms with van der Waals surface area (Å²) in [5, 5.41) is 0. The van der Waals surface area contributed by atoms with E-state index >= 15 is 0 Å². The van der Waals surface area contributed by atoms with Gasteiger partial charge in [-0.2, -0.15) is 0 Å². The zero-order valence-corrected chi connectivity index (χ0v) is 5.68. The van der Waals surface area contributed by atoms with E-state index in [0.29, 0.717) is 0 Å². The molecule has 0 nitrogen and oxygen atoms in total. The zero-order chi connectivity index (χ0) is 2.57. The van der Waals surface area contributed by atoms with Gasteiger partial charge in [0.25, 0.3) is 0 Å². The van der Waals surface area contributed by atoms with E-state index in [4.69, 9.17) is 0 Å². The molecule has 4 heavy (non-hydrogen) atoms. The molecule has 0 aliphatic rings. The molecule has 2 rings (SSSR count). The Balaban J connectivity index is 3.72. The van der Waals surface area contributed by atoms with E-state index in [1.807, 2.05) is 0 Å². The number of fused-ring (bicyclic) bond motifs is 1. The number of hydrogen-bond acceptors (Lipinski definition) is 0. The lowest BCUT2D eigenvalue weighted by Crippen LogP contribution is -0.413. The van der Waals surface area contributed by atoms with Crippen molar-refractivity contribution in [1.82, 2.24) is 0 Å². The maximum atomic E-state index is 1.55. The highest BCUT2D eigenvalue weighted by Crippen LogP contribution is 2.95. The van der Waals surface area contributed by atoms with Crippen molar-refractivity contribution in [2.24, 2.45) is 0 Å². The highest BCUT2D eigenvalue weighted by molar-refractivity contribution is 9.01. The first-order valence-electron chi connectivity index (χ1n) is 1.09. The van der Waals surface area contributed by atoms with Crippen LogP contribution >= 0.6 is 27.8 Å². The van der Waals surface area contributed by atoms with Crippen molar-refractivity contribution in [1.29, 1.82) is 0 Å². The summed E-state index contributed by atoms with van der Waals surface area (Å²) >= 11 is 0. The van der Waals surface area contributed by atoms with Gasteiger partial charge in [0.05, 0.1) is 0 Å². The molecule has 0 saturated heterocycles. The standard InChI is InChI=1S/H2P4/c1-3-2-4(1)3/h1-2H. The molecule has 0 aliphatic carbocycles. The van der Waals surface area contributed by atoms with Gasteiger partial charge >= 0.3 is 0 Å². The topological polar surface area (TPSA) is 0 Å². The van der Waals surface area contributed by atoms with Crippen molar-refractivity contribution in [2.75, 3.05) is 0 Å². The summed E-state index contributed by atoms with van der Waals surface area (Å²) in [5.41, 5.74) is 0. The average molecular weight is 126 g/mol. The van der Waals surface area contributed by atoms with Gasteiger partial charge in [-0.05, 0) is 12.7 Å². The predicted octanol–water partition coefficient (Wildman–Crippen LogP) is 2.91. The van der Waals surface area contributed by atoms with Gasteiger partial charge in [0.1, 0.15) is 0 Å². The second kappa shape index (κ2) is 0.508. The lowest BCUT2D eigenvalue weighted by Gasteiger charge is -1.33.